The minimum Gasteiger partial charge on any atom is -0.486 e. The number of halogens is 3. The fourth-order valence-corrected chi connectivity index (χ4v) is 3.73. The Morgan fingerprint density at radius 1 is 1.03 bits per heavy atom. The molecule has 6 nitrogen and oxygen atoms in total. The number of hydrogen-bond acceptors (Lipinski definition) is 4. The van der Waals surface area contributed by atoms with Crippen molar-refractivity contribution in [2.45, 2.75) is 38.3 Å². The molecule has 0 atom stereocenters. The van der Waals surface area contributed by atoms with Crippen LogP contribution >= 0.6 is 34.8 Å². The number of benzene rings is 2. The zero-order valence-corrected chi connectivity index (χ0v) is 17.6. The summed E-state index contributed by atoms with van der Waals surface area (Å²) in [5.74, 6) is -1.64. The van der Waals surface area contributed by atoms with Crippen molar-refractivity contribution >= 4 is 58.1 Å². The predicted octanol–water partition coefficient (Wildman–Crippen LogP) is 5.60. The number of rotatable bonds is 8. The maximum Gasteiger partial charge on any atom is 0.312 e. The molecule has 0 saturated heterocycles. The van der Waals surface area contributed by atoms with Crippen LogP contribution in [0.25, 0.3) is 0 Å². The molecule has 2 aromatic rings. The molecule has 9 heteroatoms. The summed E-state index contributed by atoms with van der Waals surface area (Å²) in [6.07, 6.45) is 2.88. The SMILES string of the molecule is O=C(O)CC(=O)Nc1cc(Cl)c(OCc2cc(Cl)cc(NC3CCC3)c2)c(Cl)c1. The zero-order chi connectivity index (χ0) is 21.0. The Hall–Kier alpha value is -2.15. The topological polar surface area (TPSA) is 87.7 Å². The summed E-state index contributed by atoms with van der Waals surface area (Å²) < 4.78 is 5.78. The average molecular weight is 458 g/mol. The summed E-state index contributed by atoms with van der Waals surface area (Å²) in [6.45, 7) is 0.198. The van der Waals surface area contributed by atoms with Gasteiger partial charge >= 0.3 is 5.97 Å². The number of amides is 1. The first-order valence-corrected chi connectivity index (χ1v) is 10.1. The molecule has 0 heterocycles. The minimum atomic E-state index is -1.23. The van der Waals surface area contributed by atoms with E-state index in [1.807, 2.05) is 12.1 Å². The maximum absolute atomic E-state index is 11.6. The van der Waals surface area contributed by atoms with Crippen LogP contribution in [0.4, 0.5) is 11.4 Å². The lowest BCUT2D eigenvalue weighted by atomic mass is 9.93. The summed E-state index contributed by atoms with van der Waals surface area (Å²) in [5.41, 5.74) is 2.08. The van der Waals surface area contributed by atoms with Crippen LogP contribution in [0, 0.1) is 0 Å². The van der Waals surface area contributed by atoms with E-state index >= 15 is 0 Å². The minimum absolute atomic E-state index is 0.193. The number of carbonyl (C=O) groups is 2. The molecule has 2 aromatic carbocycles. The second-order valence-corrected chi connectivity index (χ2v) is 8.05. The first kappa shape index (κ1) is 21.6. The molecule has 1 aliphatic rings. The Kier molecular flexibility index (Phi) is 7.11. The van der Waals surface area contributed by atoms with Crippen LogP contribution in [-0.2, 0) is 16.2 Å². The lowest BCUT2D eigenvalue weighted by Gasteiger charge is -2.27. The van der Waals surface area contributed by atoms with Crippen molar-refractivity contribution in [1.82, 2.24) is 0 Å². The van der Waals surface area contributed by atoms with Crippen molar-refractivity contribution in [2.24, 2.45) is 0 Å². The van der Waals surface area contributed by atoms with E-state index in [1.54, 1.807) is 6.07 Å². The molecule has 0 aliphatic heterocycles. The fraction of sp³-hybridized carbons (Fsp3) is 0.300. The number of hydrogen-bond donors (Lipinski definition) is 3. The van der Waals surface area contributed by atoms with E-state index in [2.05, 4.69) is 10.6 Å². The molecule has 0 radical (unpaired) electrons. The van der Waals surface area contributed by atoms with Gasteiger partial charge < -0.3 is 20.5 Å². The molecule has 1 amide bonds. The third-order valence-corrected chi connectivity index (χ3v) is 5.19. The van der Waals surface area contributed by atoms with E-state index in [1.165, 1.54) is 18.6 Å². The lowest BCUT2D eigenvalue weighted by Crippen LogP contribution is -2.26. The van der Waals surface area contributed by atoms with E-state index in [0.29, 0.717) is 11.1 Å². The quantitative estimate of drug-likeness (QED) is 0.449. The van der Waals surface area contributed by atoms with Crippen LogP contribution in [0.3, 0.4) is 0 Å². The Bertz CT molecular complexity index is 909. The Labute approximate surface area is 183 Å². The van der Waals surface area contributed by atoms with Gasteiger partial charge in [-0.25, -0.2) is 0 Å². The third-order valence-electron chi connectivity index (χ3n) is 4.41. The third kappa shape index (κ3) is 6.16. The molecule has 1 saturated carbocycles. The van der Waals surface area contributed by atoms with Gasteiger partial charge in [0, 0.05) is 22.4 Å². The van der Waals surface area contributed by atoms with E-state index in [0.717, 1.165) is 24.1 Å². The van der Waals surface area contributed by atoms with Crippen LogP contribution in [0.2, 0.25) is 15.1 Å². The summed E-state index contributed by atoms with van der Waals surface area (Å²) in [5, 5.41) is 15.5. The van der Waals surface area contributed by atoms with Gasteiger partial charge in [-0.2, -0.15) is 0 Å². The van der Waals surface area contributed by atoms with Gasteiger partial charge in [0.2, 0.25) is 5.91 Å². The Morgan fingerprint density at radius 2 is 1.72 bits per heavy atom. The van der Waals surface area contributed by atoms with Gasteiger partial charge in [0.1, 0.15) is 13.0 Å². The predicted molar refractivity (Wildman–Crippen MR) is 114 cm³/mol. The van der Waals surface area contributed by atoms with Crippen molar-refractivity contribution in [3.8, 4) is 5.75 Å². The number of anilines is 2. The maximum atomic E-state index is 11.6. The molecule has 3 rings (SSSR count). The molecule has 154 valence electrons. The first-order chi connectivity index (χ1) is 13.8. The highest BCUT2D eigenvalue weighted by Crippen LogP contribution is 2.37. The van der Waals surface area contributed by atoms with Crippen LogP contribution < -0.4 is 15.4 Å². The van der Waals surface area contributed by atoms with Crippen molar-refractivity contribution < 1.29 is 19.4 Å². The van der Waals surface area contributed by atoms with Crippen LogP contribution in [-0.4, -0.2) is 23.0 Å². The van der Waals surface area contributed by atoms with Gasteiger partial charge in [0.05, 0.1) is 10.0 Å². The van der Waals surface area contributed by atoms with Crippen molar-refractivity contribution in [2.75, 3.05) is 10.6 Å². The molecule has 29 heavy (non-hydrogen) atoms. The van der Waals surface area contributed by atoms with Gasteiger partial charge in [-0.05, 0) is 55.2 Å². The van der Waals surface area contributed by atoms with E-state index in [9.17, 15) is 9.59 Å². The molecule has 1 aliphatic carbocycles. The molecule has 0 unspecified atom stereocenters. The molecule has 0 spiro atoms. The zero-order valence-electron chi connectivity index (χ0n) is 15.3. The van der Waals surface area contributed by atoms with Gasteiger partial charge in [0.15, 0.2) is 5.75 Å². The highest BCUT2D eigenvalue weighted by molar-refractivity contribution is 6.37. The van der Waals surface area contributed by atoms with Gasteiger partial charge in [-0.15, -0.1) is 0 Å². The fourth-order valence-electron chi connectivity index (χ4n) is 2.87. The second-order valence-electron chi connectivity index (χ2n) is 6.80. The van der Waals surface area contributed by atoms with Crippen molar-refractivity contribution in [1.29, 1.82) is 0 Å². The highest BCUT2D eigenvalue weighted by Gasteiger charge is 2.17. The molecule has 1 fully saturated rings. The highest BCUT2D eigenvalue weighted by atomic mass is 35.5. The summed E-state index contributed by atoms with van der Waals surface area (Å²) in [7, 11) is 0. The molecule has 0 aromatic heterocycles. The molecular formula is C20H19Cl3N2O4. The van der Waals surface area contributed by atoms with Crippen LogP contribution in [0.5, 0.6) is 5.75 Å². The standard InChI is InChI=1S/C20H19Cl3N2O4/c21-12-4-11(5-14(6-12)24-13-2-1-3-13)10-29-20-16(22)7-15(8-17(20)23)25-18(26)9-19(27)28/h4-8,13,24H,1-3,9-10H2,(H,25,26)(H,27,28). The number of nitrogens with one attached hydrogen (secondary N) is 2. The van der Waals surface area contributed by atoms with Crippen LogP contribution in [0.15, 0.2) is 30.3 Å². The summed E-state index contributed by atoms with van der Waals surface area (Å²) in [6, 6.07) is 9.02. The normalized spacial score (nSPS) is 13.5. The van der Waals surface area contributed by atoms with E-state index in [4.69, 9.17) is 44.6 Å². The molecular weight excluding hydrogens is 439 g/mol. The van der Waals surface area contributed by atoms with Crippen molar-refractivity contribution in [3.05, 3.63) is 51.0 Å². The van der Waals surface area contributed by atoms with Gasteiger partial charge in [-0.1, -0.05) is 34.8 Å². The number of carbonyl (C=O) groups excluding carboxylic acids is 1. The number of carboxylic acids is 1. The molecule has 3 N–H and O–H groups in total. The second kappa shape index (κ2) is 9.57. The molecule has 0 bridgehead atoms. The van der Waals surface area contributed by atoms with E-state index in [-0.39, 0.29) is 28.1 Å². The summed E-state index contributed by atoms with van der Waals surface area (Å²) >= 11 is 18.7. The largest absolute Gasteiger partial charge is 0.486 e. The van der Waals surface area contributed by atoms with Crippen molar-refractivity contribution in [3.63, 3.8) is 0 Å². The number of ether oxygens (including phenoxy) is 1. The smallest absolute Gasteiger partial charge is 0.312 e. The Balaban J connectivity index is 1.67. The average Bonchev–Trinajstić information content (AvgIpc) is 2.56. The summed E-state index contributed by atoms with van der Waals surface area (Å²) in [4.78, 5) is 22.2. The van der Waals surface area contributed by atoms with E-state index < -0.39 is 18.3 Å². The monoisotopic (exact) mass is 456 g/mol. The first-order valence-electron chi connectivity index (χ1n) is 8.99. The van der Waals surface area contributed by atoms with Gasteiger partial charge in [-0.3, -0.25) is 9.59 Å². The number of carboxylic acid groups (broad SMARTS) is 1. The van der Waals surface area contributed by atoms with Gasteiger partial charge in [0.25, 0.3) is 0 Å². The Morgan fingerprint density at radius 3 is 2.31 bits per heavy atom. The lowest BCUT2D eigenvalue weighted by molar-refractivity contribution is -0.139. The van der Waals surface area contributed by atoms with Crippen LogP contribution in [0.1, 0.15) is 31.2 Å². The number of aliphatic carboxylic acids is 1.